The molecule has 1 aliphatic rings. The first-order valence-electron chi connectivity index (χ1n) is 9.96. The second-order valence-corrected chi connectivity index (χ2v) is 9.91. The molecule has 1 saturated heterocycles. The van der Waals surface area contributed by atoms with Gasteiger partial charge in [-0.15, -0.1) is 0 Å². The predicted octanol–water partition coefficient (Wildman–Crippen LogP) is 5.95. The minimum absolute atomic E-state index is 0.152. The lowest BCUT2D eigenvalue weighted by atomic mass is 10.0. The number of oxazole rings is 1. The van der Waals surface area contributed by atoms with Crippen molar-refractivity contribution in [3.8, 4) is 11.1 Å². The van der Waals surface area contributed by atoms with Crippen LogP contribution in [-0.2, 0) is 10.0 Å². The Morgan fingerprint density at radius 2 is 1.81 bits per heavy atom. The first kappa shape index (κ1) is 21.1. The van der Waals surface area contributed by atoms with Crippen LogP contribution in [0.2, 0.25) is 5.02 Å². The summed E-state index contributed by atoms with van der Waals surface area (Å²) in [7, 11) is -3.76. The zero-order chi connectivity index (χ0) is 22.5. The summed E-state index contributed by atoms with van der Waals surface area (Å²) in [6.45, 7) is 0.348. The maximum atomic E-state index is 14.2. The third kappa shape index (κ3) is 3.68. The van der Waals surface area contributed by atoms with E-state index in [4.69, 9.17) is 16.0 Å². The third-order valence-corrected chi connectivity index (χ3v) is 7.73. The van der Waals surface area contributed by atoms with Gasteiger partial charge in [0, 0.05) is 23.2 Å². The van der Waals surface area contributed by atoms with Crippen LogP contribution in [0.3, 0.4) is 0 Å². The van der Waals surface area contributed by atoms with E-state index < -0.39 is 27.7 Å². The van der Waals surface area contributed by atoms with Gasteiger partial charge in [0.25, 0.3) is 0 Å². The number of aromatic nitrogens is 1. The molecule has 0 aliphatic carbocycles. The Labute approximate surface area is 188 Å². The van der Waals surface area contributed by atoms with Gasteiger partial charge in [0.1, 0.15) is 23.2 Å². The van der Waals surface area contributed by atoms with Crippen molar-refractivity contribution in [2.75, 3.05) is 6.54 Å². The predicted molar refractivity (Wildman–Crippen MR) is 117 cm³/mol. The van der Waals surface area contributed by atoms with Crippen LogP contribution in [0.1, 0.15) is 24.8 Å². The Bertz CT molecular complexity index is 1420. The standard InChI is InChI=1S/C23H17ClF2N2O3S/c24-15-4-7-17(8-5-15)32(29,30)28-11-1-2-21(28)23-27-20-12-14(3-10-22(20)31-23)18-9-6-16(25)13-19(18)26/h3-10,12-13,21H,1-2,11H2/t21-/m0/s1. The van der Waals surface area contributed by atoms with Crippen LogP contribution in [0.15, 0.2) is 70.0 Å². The monoisotopic (exact) mass is 474 g/mol. The molecule has 0 N–H and O–H groups in total. The Morgan fingerprint density at radius 3 is 2.56 bits per heavy atom. The van der Waals surface area contributed by atoms with Crippen molar-refractivity contribution in [3.63, 3.8) is 0 Å². The van der Waals surface area contributed by atoms with Gasteiger partial charge >= 0.3 is 0 Å². The number of hydrogen-bond acceptors (Lipinski definition) is 4. The maximum absolute atomic E-state index is 14.2. The second kappa shape index (κ2) is 7.95. The molecular weight excluding hydrogens is 458 g/mol. The summed E-state index contributed by atoms with van der Waals surface area (Å²) in [5, 5.41) is 0.453. The van der Waals surface area contributed by atoms with E-state index in [0.29, 0.717) is 41.1 Å². The van der Waals surface area contributed by atoms with E-state index in [2.05, 4.69) is 4.98 Å². The Kier molecular flexibility index (Phi) is 5.23. The van der Waals surface area contributed by atoms with Gasteiger partial charge in [0.15, 0.2) is 5.58 Å². The highest BCUT2D eigenvalue weighted by molar-refractivity contribution is 7.89. The highest BCUT2D eigenvalue weighted by atomic mass is 35.5. The summed E-state index contributed by atoms with van der Waals surface area (Å²) in [4.78, 5) is 4.66. The summed E-state index contributed by atoms with van der Waals surface area (Å²) in [6.07, 6.45) is 1.24. The number of halogens is 3. The van der Waals surface area contributed by atoms with Crippen LogP contribution in [0.4, 0.5) is 8.78 Å². The van der Waals surface area contributed by atoms with Crippen LogP contribution in [0.5, 0.6) is 0 Å². The molecule has 5 rings (SSSR count). The van der Waals surface area contributed by atoms with E-state index in [1.165, 1.54) is 40.7 Å². The first-order valence-corrected chi connectivity index (χ1v) is 11.8. The zero-order valence-electron chi connectivity index (χ0n) is 16.6. The van der Waals surface area contributed by atoms with Crippen molar-refractivity contribution >= 4 is 32.7 Å². The van der Waals surface area contributed by atoms with Gasteiger partial charge in [-0.3, -0.25) is 0 Å². The molecule has 32 heavy (non-hydrogen) atoms. The molecule has 2 heterocycles. The van der Waals surface area contributed by atoms with Gasteiger partial charge in [-0.1, -0.05) is 17.7 Å². The van der Waals surface area contributed by atoms with Gasteiger partial charge in [-0.2, -0.15) is 4.31 Å². The van der Waals surface area contributed by atoms with Crippen molar-refractivity contribution in [2.24, 2.45) is 0 Å². The fraction of sp³-hybridized carbons (Fsp3) is 0.174. The molecule has 1 atom stereocenters. The maximum Gasteiger partial charge on any atom is 0.243 e. The van der Waals surface area contributed by atoms with E-state index in [1.807, 2.05) is 0 Å². The lowest BCUT2D eigenvalue weighted by Crippen LogP contribution is -2.30. The number of hydrogen-bond donors (Lipinski definition) is 0. The summed E-state index contributed by atoms with van der Waals surface area (Å²) in [5.41, 5.74) is 1.69. The Balaban J connectivity index is 1.50. The van der Waals surface area contributed by atoms with Crippen LogP contribution >= 0.6 is 11.6 Å². The van der Waals surface area contributed by atoms with Crippen molar-refractivity contribution in [3.05, 3.63) is 83.2 Å². The summed E-state index contributed by atoms with van der Waals surface area (Å²) in [5.74, 6) is -1.05. The Morgan fingerprint density at radius 1 is 1.03 bits per heavy atom. The quantitative estimate of drug-likeness (QED) is 0.366. The van der Waals surface area contributed by atoms with Crippen molar-refractivity contribution in [1.29, 1.82) is 0 Å². The van der Waals surface area contributed by atoms with E-state index in [1.54, 1.807) is 18.2 Å². The van der Waals surface area contributed by atoms with E-state index in [0.717, 1.165) is 6.07 Å². The zero-order valence-corrected chi connectivity index (χ0v) is 18.2. The SMILES string of the molecule is O=S(=O)(c1ccc(Cl)cc1)N1CCC[C@H]1c1nc2cc(-c3ccc(F)cc3F)ccc2o1. The average Bonchev–Trinajstić information content (AvgIpc) is 3.41. The van der Waals surface area contributed by atoms with E-state index >= 15 is 0 Å². The molecule has 0 saturated carbocycles. The fourth-order valence-corrected chi connectivity index (χ4v) is 5.77. The van der Waals surface area contributed by atoms with Gasteiger partial charge in [-0.05, 0) is 66.9 Å². The summed E-state index contributed by atoms with van der Waals surface area (Å²) in [6, 6.07) is 13.8. The lowest BCUT2D eigenvalue weighted by molar-refractivity contribution is 0.337. The number of sulfonamides is 1. The van der Waals surface area contributed by atoms with E-state index in [-0.39, 0.29) is 16.3 Å². The molecule has 0 unspecified atom stereocenters. The number of nitrogens with zero attached hydrogens (tertiary/aromatic N) is 2. The summed E-state index contributed by atoms with van der Waals surface area (Å²) >= 11 is 5.89. The number of rotatable bonds is 4. The smallest absolute Gasteiger partial charge is 0.243 e. The van der Waals surface area contributed by atoms with Crippen molar-refractivity contribution in [2.45, 2.75) is 23.8 Å². The molecule has 4 aromatic rings. The van der Waals surface area contributed by atoms with Crippen LogP contribution in [-0.4, -0.2) is 24.3 Å². The molecule has 5 nitrogen and oxygen atoms in total. The van der Waals surface area contributed by atoms with Gasteiger partial charge in [-0.25, -0.2) is 22.2 Å². The van der Waals surface area contributed by atoms with Gasteiger partial charge in [0.2, 0.25) is 15.9 Å². The summed E-state index contributed by atoms with van der Waals surface area (Å²) < 4.78 is 61.1. The highest BCUT2D eigenvalue weighted by Crippen LogP contribution is 2.38. The third-order valence-electron chi connectivity index (χ3n) is 5.56. The van der Waals surface area contributed by atoms with Gasteiger partial charge < -0.3 is 4.42 Å². The molecule has 1 aliphatic heterocycles. The fourth-order valence-electron chi connectivity index (χ4n) is 4.00. The molecule has 0 spiro atoms. The number of benzene rings is 3. The molecule has 1 aromatic heterocycles. The molecule has 9 heteroatoms. The molecule has 1 fully saturated rings. The lowest BCUT2D eigenvalue weighted by Gasteiger charge is -2.21. The topological polar surface area (TPSA) is 63.4 Å². The normalized spacial score (nSPS) is 17.3. The van der Waals surface area contributed by atoms with E-state index in [9.17, 15) is 17.2 Å². The van der Waals surface area contributed by atoms with Crippen molar-refractivity contribution in [1.82, 2.24) is 9.29 Å². The molecule has 3 aromatic carbocycles. The van der Waals surface area contributed by atoms with Crippen LogP contribution in [0, 0.1) is 11.6 Å². The highest BCUT2D eigenvalue weighted by Gasteiger charge is 2.39. The largest absolute Gasteiger partial charge is 0.439 e. The van der Waals surface area contributed by atoms with Crippen molar-refractivity contribution < 1.29 is 21.6 Å². The molecule has 0 bridgehead atoms. The molecular formula is C23H17ClF2N2O3S. The first-order chi connectivity index (χ1) is 15.3. The molecule has 0 amide bonds. The average molecular weight is 475 g/mol. The van der Waals surface area contributed by atoms with Gasteiger partial charge in [0.05, 0.1) is 4.90 Å². The minimum Gasteiger partial charge on any atom is -0.439 e. The second-order valence-electron chi connectivity index (χ2n) is 7.59. The minimum atomic E-state index is -3.76. The van der Waals surface area contributed by atoms with Crippen LogP contribution < -0.4 is 0 Å². The van der Waals surface area contributed by atoms with Crippen LogP contribution in [0.25, 0.3) is 22.2 Å². The molecule has 0 radical (unpaired) electrons. The molecule has 164 valence electrons. The Hall–Kier alpha value is -2.81. The number of fused-ring (bicyclic) bond motifs is 1.